The summed E-state index contributed by atoms with van der Waals surface area (Å²) >= 11 is 3.01. The summed E-state index contributed by atoms with van der Waals surface area (Å²) in [6.45, 7) is 0. The van der Waals surface area contributed by atoms with E-state index < -0.39 is 0 Å². The lowest BCUT2D eigenvalue weighted by Gasteiger charge is -2.02. The summed E-state index contributed by atoms with van der Waals surface area (Å²) in [5.41, 5.74) is 6.78. The summed E-state index contributed by atoms with van der Waals surface area (Å²) in [6, 6.07) is 26.2. The molecule has 4 aromatic rings. The fourth-order valence-electron chi connectivity index (χ4n) is 2.64. The zero-order chi connectivity index (χ0) is 19.2. The lowest BCUT2D eigenvalue weighted by atomic mass is 10.0. The normalized spacial score (nSPS) is 11.1. The van der Waals surface area contributed by atoms with Gasteiger partial charge in [-0.2, -0.15) is 5.10 Å². The van der Waals surface area contributed by atoms with Crippen molar-refractivity contribution in [3.05, 3.63) is 84.4 Å². The number of benzene rings is 3. The lowest BCUT2D eigenvalue weighted by Crippen LogP contribution is -2.19. The first-order chi connectivity index (χ1) is 13.8. The number of thiazole rings is 1. The van der Waals surface area contributed by atoms with Gasteiger partial charge in [0.15, 0.2) is 4.34 Å². The molecule has 28 heavy (non-hydrogen) atoms. The second kappa shape index (κ2) is 8.82. The number of nitrogens with one attached hydrogen (secondary N) is 1. The number of rotatable bonds is 6. The summed E-state index contributed by atoms with van der Waals surface area (Å²) < 4.78 is 2.01. The largest absolute Gasteiger partial charge is 0.272 e. The van der Waals surface area contributed by atoms with Crippen LogP contribution in [0.25, 0.3) is 21.3 Å². The van der Waals surface area contributed by atoms with Crippen molar-refractivity contribution in [2.24, 2.45) is 5.10 Å². The third-order valence-corrected chi connectivity index (χ3v) is 6.20. The van der Waals surface area contributed by atoms with Gasteiger partial charge >= 0.3 is 0 Å². The standard InChI is InChI=1S/C22H17N3OS2/c26-21(15-27-22-24-19-8-4-5-9-20(19)28-22)25-23-14-16-10-12-18(13-11-16)17-6-2-1-3-7-17/h1-14H,15H2,(H,25,26)/b23-14-. The van der Waals surface area contributed by atoms with Crippen LogP contribution >= 0.6 is 23.1 Å². The number of hydrazone groups is 1. The molecule has 1 aromatic heterocycles. The van der Waals surface area contributed by atoms with Crippen LogP contribution < -0.4 is 5.43 Å². The Bertz CT molecular complexity index is 1070. The first-order valence-electron chi connectivity index (χ1n) is 8.74. The molecule has 1 amide bonds. The van der Waals surface area contributed by atoms with Gasteiger partial charge in [-0.05, 0) is 28.8 Å². The predicted octanol–water partition coefficient (Wildman–Crippen LogP) is 5.21. The highest BCUT2D eigenvalue weighted by Crippen LogP contribution is 2.29. The van der Waals surface area contributed by atoms with E-state index in [4.69, 9.17) is 0 Å². The number of hydrogen-bond donors (Lipinski definition) is 1. The number of para-hydroxylation sites is 1. The van der Waals surface area contributed by atoms with Crippen molar-refractivity contribution < 1.29 is 4.79 Å². The molecule has 0 aliphatic rings. The molecule has 0 saturated heterocycles. The number of hydrogen-bond acceptors (Lipinski definition) is 5. The van der Waals surface area contributed by atoms with Crippen LogP contribution in [0.3, 0.4) is 0 Å². The van der Waals surface area contributed by atoms with Crippen LogP contribution in [0.5, 0.6) is 0 Å². The number of aromatic nitrogens is 1. The van der Waals surface area contributed by atoms with Gasteiger partial charge in [0.2, 0.25) is 0 Å². The van der Waals surface area contributed by atoms with Gasteiger partial charge in [0, 0.05) is 0 Å². The van der Waals surface area contributed by atoms with Crippen LogP contribution in [0.15, 0.2) is 88.3 Å². The zero-order valence-corrected chi connectivity index (χ0v) is 16.5. The van der Waals surface area contributed by atoms with E-state index in [-0.39, 0.29) is 11.7 Å². The number of thioether (sulfide) groups is 1. The van der Waals surface area contributed by atoms with Gasteiger partial charge in [-0.25, -0.2) is 10.4 Å². The van der Waals surface area contributed by atoms with Gasteiger partial charge in [0.1, 0.15) is 0 Å². The highest BCUT2D eigenvalue weighted by Gasteiger charge is 2.06. The van der Waals surface area contributed by atoms with Crippen molar-refractivity contribution in [2.75, 3.05) is 5.75 Å². The topological polar surface area (TPSA) is 54.4 Å². The molecule has 4 rings (SSSR count). The third-order valence-electron chi connectivity index (χ3n) is 4.02. The molecule has 0 atom stereocenters. The molecule has 4 nitrogen and oxygen atoms in total. The van der Waals surface area contributed by atoms with Crippen LogP contribution in [0.2, 0.25) is 0 Å². The van der Waals surface area contributed by atoms with Gasteiger partial charge in [-0.1, -0.05) is 78.5 Å². The maximum Gasteiger partial charge on any atom is 0.250 e. The number of carbonyl (C=O) groups is 1. The molecule has 138 valence electrons. The molecule has 0 unspecified atom stereocenters. The molecule has 0 spiro atoms. The average Bonchev–Trinajstić information content (AvgIpc) is 3.16. The van der Waals surface area contributed by atoms with Gasteiger partial charge in [-0.3, -0.25) is 4.79 Å². The summed E-state index contributed by atoms with van der Waals surface area (Å²) in [4.78, 5) is 16.5. The second-order valence-corrected chi connectivity index (χ2v) is 8.27. The van der Waals surface area contributed by atoms with Crippen LogP contribution in [0.1, 0.15) is 5.56 Å². The molecule has 1 N–H and O–H groups in total. The Morgan fingerprint density at radius 1 is 0.964 bits per heavy atom. The van der Waals surface area contributed by atoms with Gasteiger partial charge in [-0.15, -0.1) is 11.3 Å². The molecule has 0 aliphatic heterocycles. The molecule has 3 aromatic carbocycles. The van der Waals surface area contributed by atoms with Gasteiger partial charge < -0.3 is 0 Å². The van der Waals surface area contributed by atoms with Crippen molar-refractivity contribution in [1.82, 2.24) is 10.4 Å². The van der Waals surface area contributed by atoms with E-state index in [0.717, 1.165) is 25.7 Å². The predicted molar refractivity (Wildman–Crippen MR) is 118 cm³/mol. The lowest BCUT2D eigenvalue weighted by molar-refractivity contribution is -0.118. The zero-order valence-electron chi connectivity index (χ0n) is 14.9. The average molecular weight is 404 g/mol. The van der Waals surface area contributed by atoms with Crippen LogP contribution in [0.4, 0.5) is 0 Å². The number of nitrogens with zero attached hydrogens (tertiary/aromatic N) is 2. The Labute approximate surface area is 171 Å². The van der Waals surface area contributed by atoms with E-state index in [1.54, 1.807) is 17.6 Å². The summed E-state index contributed by atoms with van der Waals surface area (Å²) in [6.07, 6.45) is 1.65. The van der Waals surface area contributed by atoms with Crippen molar-refractivity contribution in [3.8, 4) is 11.1 Å². The molecule has 0 fully saturated rings. The van der Waals surface area contributed by atoms with E-state index in [0.29, 0.717) is 0 Å². The summed E-state index contributed by atoms with van der Waals surface area (Å²) in [5.74, 6) is 0.130. The minimum atomic E-state index is -0.151. The molecule has 0 saturated carbocycles. The maximum absolute atomic E-state index is 12.0. The van der Waals surface area contributed by atoms with Crippen LogP contribution in [-0.2, 0) is 4.79 Å². The Hall–Kier alpha value is -2.96. The quantitative estimate of drug-likeness (QED) is 0.273. The van der Waals surface area contributed by atoms with Crippen molar-refractivity contribution in [3.63, 3.8) is 0 Å². The minimum Gasteiger partial charge on any atom is -0.272 e. The summed E-state index contributed by atoms with van der Waals surface area (Å²) in [7, 11) is 0. The van der Waals surface area contributed by atoms with E-state index in [1.807, 2.05) is 66.7 Å². The van der Waals surface area contributed by atoms with Crippen molar-refractivity contribution >= 4 is 45.4 Å². The fraction of sp³-hybridized carbons (Fsp3) is 0.0455. The van der Waals surface area contributed by atoms with E-state index >= 15 is 0 Å². The Morgan fingerprint density at radius 3 is 2.46 bits per heavy atom. The smallest absolute Gasteiger partial charge is 0.250 e. The Kier molecular flexibility index (Phi) is 5.80. The molecule has 0 aliphatic carbocycles. The fourth-order valence-corrected chi connectivity index (χ4v) is 4.50. The molecule has 6 heteroatoms. The minimum absolute atomic E-state index is 0.151. The molecule has 0 radical (unpaired) electrons. The summed E-state index contributed by atoms with van der Waals surface area (Å²) in [5, 5.41) is 4.04. The maximum atomic E-state index is 12.0. The first kappa shape index (κ1) is 18.4. The highest BCUT2D eigenvalue weighted by molar-refractivity contribution is 8.01. The van der Waals surface area contributed by atoms with Crippen LogP contribution in [0, 0.1) is 0 Å². The molecule has 1 heterocycles. The van der Waals surface area contributed by atoms with Gasteiger partial charge in [0.25, 0.3) is 5.91 Å². The van der Waals surface area contributed by atoms with E-state index in [9.17, 15) is 4.79 Å². The monoisotopic (exact) mass is 403 g/mol. The second-order valence-electron chi connectivity index (χ2n) is 6.02. The van der Waals surface area contributed by atoms with Crippen molar-refractivity contribution in [1.29, 1.82) is 0 Å². The Morgan fingerprint density at radius 2 is 1.68 bits per heavy atom. The number of fused-ring (bicyclic) bond motifs is 1. The molecular formula is C22H17N3OS2. The number of amides is 1. The van der Waals surface area contributed by atoms with E-state index in [1.165, 1.54) is 17.3 Å². The number of carbonyl (C=O) groups excluding carboxylic acids is 1. The first-order valence-corrected chi connectivity index (χ1v) is 10.5. The van der Waals surface area contributed by atoms with Crippen molar-refractivity contribution in [2.45, 2.75) is 4.34 Å². The van der Waals surface area contributed by atoms with Gasteiger partial charge in [0.05, 0.1) is 22.2 Å². The SMILES string of the molecule is O=C(CSc1nc2ccccc2s1)N/N=C\c1ccc(-c2ccccc2)cc1. The van der Waals surface area contributed by atoms with E-state index in [2.05, 4.69) is 27.6 Å². The Balaban J connectivity index is 1.28. The molecule has 0 bridgehead atoms. The van der Waals surface area contributed by atoms with Crippen LogP contribution in [-0.4, -0.2) is 22.9 Å². The molecular weight excluding hydrogens is 386 g/mol. The highest BCUT2D eigenvalue weighted by atomic mass is 32.2. The third kappa shape index (κ3) is 4.65.